The molecule has 6 nitrogen and oxygen atoms in total. The summed E-state index contributed by atoms with van der Waals surface area (Å²) >= 11 is 0. The normalized spacial score (nSPS) is 25.2. The molecule has 0 saturated carbocycles. The Morgan fingerprint density at radius 3 is 2.33 bits per heavy atom. The van der Waals surface area contributed by atoms with E-state index in [9.17, 15) is 5.11 Å². The molecule has 24 heavy (non-hydrogen) atoms. The van der Waals surface area contributed by atoms with Crippen LogP contribution in [0, 0.1) is 0 Å². The van der Waals surface area contributed by atoms with Crippen molar-refractivity contribution in [2.45, 2.75) is 31.5 Å². The van der Waals surface area contributed by atoms with Crippen molar-refractivity contribution in [2.24, 2.45) is 0 Å². The van der Waals surface area contributed by atoms with Crippen molar-refractivity contribution in [1.29, 1.82) is 0 Å². The van der Waals surface area contributed by atoms with Crippen LogP contribution in [0.2, 0.25) is 0 Å². The van der Waals surface area contributed by atoms with Crippen molar-refractivity contribution in [2.75, 3.05) is 47.5 Å². The molecular weight excluding hydrogens is 308 g/mol. The van der Waals surface area contributed by atoms with Crippen LogP contribution in [0.3, 0.4) is 0 Å². The number of aliphatic hydroxyl groups is 1. The van der Waals surface area contributed by atoms with Crippen molar-refractivity contribution < 1.29 is 19.3 Å². The number of hydrogen-bond acceptors (Lipinski definition) is 6. The van der Waals surface area contributed by atoms with Crippen molar-refractivity contribution in [3.05, 3.63) is 17.7 Å². The third-order valence-corrected chi connectivity index (χ3v) is 5.12. The van der Waals surface area contributed by atoms with Gasteiger partial charge in [-0.1, -0.05) is 6.07 Å². The Morgan fingerprint density at radius 1 is 1.00 bits per heavy atom. The van der Waals surface area contributed by atoms with E-state index in [1.54, 1.807) is 21.3 Å². The molecule has 2 atom stereocenters. The summed E-state index contributed by atoms with van der Waals surface area (Å²) in [6, 6.07) is 4.16. The first-order valence-electron chi connectivity index (χ1n) is 8.60. The highest BCUT2D eigenvalue weighted by atomic mass is 16.5. The number of β-amino-alcohol motifs (C(OH)–C–C–N with tert-alkyl or cyclic N) is 1. The standard InChI is InChI=1S/C18H28N2O4/c1-22-16-7-6-13(17(23-2)18(16)24-3)10-19-11-14(15(21)12-19)20-8-4-5-9-20/h6-7,14-15,21H,4-5,8-12H2,1-3H3/t14-,15-/m0/s1. The number of benzene rings is 1. The van der Waals surface area contributed by atoms with Gasteiger partial charge in [-0.25, -0.2) is 0 Å². The molecule has 0 spiro atoms. The number of aliphatic hydroxyl groups excluding tert-OH is 1. The molecule has 6 heteroatoms. The summed E-state index contributed by atoms with van der Waals surface area (Å²) in [5.74, 6) is 1.99. The Balaban J connectivity index is 1.74. The molecule has 2 heterocycles. The van der Waals surface area contributed by atoms with Gasteiger partial charge in [0.1, 0.15) is 0 Å². The molecule has 2 fully saturated rings. The van der Waals surface area contributed by atoms with Crippen molar-refractivity contribution in [3.63, 3.8) is 0 Å². The summed E-state index contributed by atoms with van der Waals surface area (Å²) in [5.41, 5.74) is 1.05. The Hall–Kier alpha value is -1.50. The Morgan fingerprint density at radius 2 is 1.71 bits per heavy atom. The Kier molecular flexibility index (Phi) is 5.48. The highest BCUT2D eigenvalue weighted by Gasteiger charge is 2.36. The van der Waals surface area contributed by atoms with E-state index in [0.29, 0.717) is 23.8 Å². The predicted molar refractivity (Wildman–Crippen MR) is 92.0 cm³/mol. The second-order valence-corrected chi connectivity index (χ2v) is 6.57. The minimum atomic E-state index is -0.283. The molecule has 0 unspecified atom stereocenters. The highest BCUT2D eigenvalue weighted by Crippen LogP contribution is 2.40. The van der Waals surface area contributed by atoms with Gasteiger partial charge in [0.25, 0.3) is 0 Å². The molecule has 134 valence electrons. The molecule has 2 aliphatic heterocycles. The number of rotatable bonds is 6. The second kappa shape index (κ2) is 7.59. The first-order chi connectivity index (χ1) is 11.7. The van der Waals surface area contributed by atoms with Crippen LogP contribution in [0.15, 0.2) is 12.1 Å². The van der Waals surface area contributed by atoms with Crippen molar-refractivity contribution >= 4 is 0 Å². The zero-order valence-electron chi connectivity index (χ0n) is 14.8. The molecule has 2 aliphatic rings. The summed E-state index contributed by atoms with van der Waals surface area (Å²) in [5, 5.41) is 10.4. The minimum Gasteiger partial charge on any atom is -0.493 e. The molecule has 2 saturated heterocycles. The van der Waals surface area contributed by atoms with Crippen LogP contribution in [0.25, 0.3) is 0 Å². The molecule has 0 radical (unpaired) electrons. The van der Waals surface area contributed by atoms with Crippen LogP contribution >= 0.6 is 0 Å². The molecule has 1 aromatic rings. The van der Waals surface area contributed by atoms with Gasteiger partial charge < -0.3 is 19.3 Å². The van der Waals surface area contributed by atoms with Gasteiger partial charge in [-0.05, 0) is 32.0 Å². The van der Waals surface area contributed by atoms with Crippen LogP contribution in [-0.4, -0.2) is 74.6 Å². The summed E-state index contributed by atoms with van der Waals surface area (Å²) in [7, 11) is 4.88. The largest absolute Gasteiger partial charge is 0.493 e. The quantitative estimate of drug-likeness (QED) is 0.846. The molecule has 0 bridgehead atoms. The molecule has 0 amide bonds. The van der Waals surface area contributed by atoms with Gasteiger partial charge in [-0.2, -0.15) is 0 Å². The summed E-state index contributed by atoms with van der Waals surface area (Å²) < 4.78 is 16.4. The fourth-order valence-corrected chi connectivity index (χ4v) is 3.94. The lowest BCUT2D eigenvalue weighted by Crippen LogP contribution is -2.41. The lowest BCUT2D eigenvalue weighted by molar-refractivity contribution is 0.0978. The monoisotopic (exact) mass is 336 g/mol. The number of nitrogens with zero attached hydrogens (tertiary/aromatic N) is 2. The van der Waals surface area contributed by atoms with Crippen LogP contribution in [0.1, 0.15) is 18.4 Å². The fraction of sp³-hybridized carbons (Fsp3) is 0.667. The summed E-state index contributed by atoms with van der Waals surface area (Å²) in [6.07, 6.45) is 2.20. The van der Waals surface area contributed by atoms with E-state index in [4.69, 9.17) is 14.2 Å². The van der Waals surface area contributed by atoms with E-state index in [-0.39, 0.29) is 12.1 Å². The molecule has 0 aliphatic carbocycles. The van der Waals surface area contributed by atoms with Crippen LogP contribution in [0.5, 0.6) is 17.2 Å². The second-order valence-electron chi connectivity index (χ2n) is 6.57. The number of methoxy groups -OCH3 is 3. The summed E-state index contributed by atoms with van der Waals surface area (Å²) in [6.45, 7) is 4.52. The van der Waals surface area contributed by atoms with E-state index in [1.807, 2.05) is 12.1 Å². The zero-order chi connectivity index (χ0) is 17.1. The Labute approximate surface area is 143 Å². The highest BCUT2D eigenvalue weighted by molar-refractivity contribution is 5.55. The number of likely N-dealkylation sites (tertiary alicyclic amines) is 2. The molecule has 1 aromatic carbocycles. The molecule has 3 rings (SSSR count). The average Bonchev–Trinajstić information content (AvgIpc) is 3.23. The van der Waals surface area contributed by atoms with Crippen LogP contribution < -0.4 is 14.2 Å². The van der Waals surface area contributed by atoms with Crippen LogP contribution in [-0.2, 0) is 6.54 Å². The van der Waals surface area contributed by atoms with E-state index < -0.39 is 0 Å². The number of ether oxygens (including phenoxy) is 3. The molecule has 1 N–H and O–H groups in total. The predicted octanol–water partition coefficient (Wildman–Crippen LogP) is 1.35. The molecule has 0 aromatic heterocycles. The van der Waals surface area contributed by atoms with Crippen molar-refractivity contribution in [3.8, 4) is 17.2 Å². The van der Waals surface area contributed by atoms with E-state index in [1.165, 1.54) is 12.8 Å². The first-order valence-corrected chi connectivity index (χ1v) is 8.60. The van der Waals surface area contributed by atoms with Gasteiger partial charge in [-0.3, -0.25) is 9.80 Å². The topological polar surface area (TPSA) is 54.4 Å². The van der Waals surface area contributed by atoms with Crippen LogP contribution in [0.4, 0.5) is 0 Å². The van der Waals surface area contributed by atoms with Gasteiger partial charge in [0.05, 0.1) is 27.4 Å². The maximum atomic E-state index is 10.4. The maximum absolute atomic E-state index is 10.4. The van der Waals surface area contributed by atoms with Crippen molar-refractivity contribution in [1.82, 2.24) is 9.80 Å². The SMILES string of the molecule is COc1ccc(CN2C[C@H](O)[C@@H](N3CCCC3)C2)c(OC)c1OC. The van der Waals surface area contributed by atoms with E-state index in [2.05, 4.69) is 9.80 Å². The maximum Gasteiger partial charge on any atom is 0.203 e. The van der Waals surface area contributed by atoms with Gasteiger partial charge in [0.2, 0.25) is 5.75 Å². The lowest BCUT2D eigenvalue weighted by Gasteiger charge is -2.25. The van der Waals surface area contributed by atoms with Gasteiger partial charge >= 0.3 is 0 Å². The smallest absolute Gasteiger partial charge is 0.203 e. The summed E-state index contributed by atoms with van der Waals surface area (Å²) in [4.78, 5) is 4.72. The van der Waals surface area contributed by atoms with Gasteiger partial charge in [0, 0.05) is 31.2 Å². The van der Waals surface area contributed by atoms with E-state index in [0.717, 1.165) is 31.7 Å². The first kappa shape index (κ1) is 17.3. The molecular formula is C18H28N2O4. The third kappa shape index (κ3) is 3.31. The van der Waals surface area contributed by atoms with Gasteiger partial charge in [-0.15, -0.1) is 0 Å². The fourth-order valence-electron chi connectivity index (χ4n) is 3.94. The third-order valence-electron chi connectivity index (χ3n) is 5.12. The average molecular weight is 336 g/mol. The number of hydrogen-bond donors (Lipinski definition) is 1. The zero-order valence-corrected chi connectivity index (χ0v) is 14.8. The Bertz CT molecular complexity index is 560. The van der Waals surface area contributed by atoms with E-state index >= 15 is 0 Å². The van der Waals surface area contributed by atoms with Gasteiger partial charge in [0.15, 0.2) is 11.5 Å². The lowest BCUT2D eigenvalue weighted by atomic mass is 10.1. The minimum absolute atomic E-state index is 0.249.